The summed E-state index contributed by atoms with van der Waals surface area (Å²) in [6.07, 6.45) is -1.49. The molecule has 1 aliphatic heterocycles. The zero-order chi connectivity index (χ0) is 25.7. The second-order valence-corrected chi connectivity index (χ2v) is 8.45. The van der Waals surface area contributed by atoms with Crippen LogP contribution >= 0.6 is 11.6 Å². The second-order valence-electron chi connectivity index (χ2n) is 8.04. The Morgan fingerprint density at radius 1 is 1.06 bits per heavy atom. The van der Waals surface area contributed by atoms with Crippen LogP contribution in [-0.2, 0) is 6.18 Å². The van der Waals surface area contributed by atoms with Gasteiger partial charge in [0.2, 0.25) is 0 Å². The summed E-state index contributed by atoms with van der Waals surface area (Å²) in [5.41, 5.74) is 0.718. The minimum atomic E-state index is -4.52. The molecule has 0 N–H and O–H groups in total. The molecule has 0 aliphatic carbocycles. The van der Waals surface area contributed by atoms with Crippen LogP contribution in [0.2, 0.25) is 5.02 Å². The van der Waals surface area contributed by atoms with Gasteiger partial charge in [-0.3, -0.25) is 4.79 Å². The second kappa shape index (κ2) is 10.9. The molecule has 3 aromatic rings. The minimum absolute atomic E-state index is 0.0733. The Balaban J connectivity index is 1.50. The summed E-state index contributed by atoms with van der Waals surface area (Å²) >= 11 is 6.12. The monoisotopic (exact) mass is 514 g/mol. The molecule has 1 amide bonds. The summed E-state index contributed by atoms with van der Waals surface area (Å²) in [5, 5.41) is -0.0733. The fraction of sp³-hybridized carbons (Fsp3) is 0.269. The molecule has 4 rings (SSSR count). The van der Waals surface area contributed by atoms with E-state index in [1.807, 2.05) is 6.07 Å². The fourth-order valence-corrected chi connectivity index (χ4v) is 4.13. The standard InChI is InChI=1S/C26H22ClF3N4O2/c1-36-23-9-7-19(15-18(23)6-8-21-5-2-3-10-31-21)25(35)34-12-4-11-33(13-14-34)24-22(27)16-20(17-32-24)26(28,29)30/h2-3,5,7,9-10,15-17H,4,11-14H2,1H3. The van der Waals surface area contributed by atoms with Gasteiger partial charge in [0.25, 0.3) is 5.91 Å². The first kappa shape index (κ1) is 25.3. The first-order valence-corrected chi connectivity index (χ1v) is 11.5. The molecule has 0 unspecified atom stereocenters. The highest BCUT2D eigenvalue weighted by molar-refractivity contribution is 6.33. The molecule has 0 bridgehead atoms. The average Bonchev–Trinajstić information content (AvgIpc) is 3.13. The summed E-state index contributed by atoms with van der Waals surface area (Å²) in [5.74, 6) is 6.63. The number of anilines is 1. The molecule has 3 heterocycles. The molecule has 1 aliphatic rings. The number of aromatic nitrogens is 2. The zero-order valence-corrected chi connectivity index (χ0v) is 20.1. The van der Waals surface area contributed by atoms with E-state index < -0.39 is 11.7 Å². The van der Waals surface area contributed by atoms with E-state index in [9.17, 15) is 18.0 Å². The van der Waals surface area contributed by atoms with Crippen LogP contribution in [-0.4, -0.2) is 54.1 Å². The van der Waals surface area contributed by atoms with E-state index in [0.29, 0.717) is 55.2 Å². The van der Waals surface area contributed by atoms with Crippen LogP contribution < -0.4 is 9.64 Å². The molecule has 186 valence electrons. The number of nitrogens with zero attached hydrogens (tertiary/aromatic N) is 4. The predicted molar refractivity (Wildman–Crippen MR) is 130 cm³/mol. The van der Waals surface area contributed by atoms with Crippen molar-refractivity contribution in [3.05, 3.63) is 82.3 Å². The van der Waals surface area contributed by atoms with E-state index in [0.717, 1.165) is 12.3 Å². The van der Waals surface area contributed by atoms with Crippen molar-refractivity contribution in [3.63, 3.8) is 0 Å². The van der Waals surface area contributed by atoms with E-state index >= 15 is 0 Å². The van der Waals surface area contributed by atoms with Gasteiger partial charge < -0.3 is 14.5 Å². The van der Waals surface area contributed by atoms with Crippen LogP contribution in [0.1, 0.15) is 33.6 Å². The third kappa shape index (κ3) is 5.89. The molecule has 1 fully saturated rings. The Morgan fingerprint density at radius 2 is 1.89 bits per heavy atom. The molecular formula is C26H22ClF3N4O2. The van der Waals surface area contributed by atoms with Crippen LogP contribution in [0.5, 0.6) is 5.75 Å². The summed E-state index contributed by atoms with van der Waals surface area (Å²) in [6.45, 7) is 1.73. The molecule has 36 heavy (non-hydrogen) atoms. The predicted octanol–water partition coefficient (Wildman–Crippen LogP) is 4.91. The molecule has 0 saturated carbocycles. The highest BCUT2D eigenvalue weighted by Gasteiger charge is 2.32. The van der Waals surface area contributed by atoms with Gasteiger partial charge in [-0.05, 0) is 48.7 Å². The number of hydrogen-bond acceptors (Lipinski definition) is 5. The van der Waals surface area contributed by atoms with E-state index in [4.69, 9.17) is 16.3 Å². The molecule has 10 heteroatoms. The molecule has 0 spiro atoms. The minimum Gasteiger partial charge on any atom is -0.495 e. The lowest BCUT2D eigenvalue weighted by Crippen LogP contribution is -2.35. The zero-order valence-electron chi connectivity index (χ0n) is 19.3. The number of benzene rings is 1. The normalized spacial score (nSPS) is 14.0. The first-order chi connectivity index (χ1) is 17.3. The Morgan fingerprint density at radius 3 is 2.58 bits per heavy atom. The van der Waals surface area contributed by atoms with Gasteiger partial charge in [0, 0.05) is 44.1 Å². The number of rotatable bonds is 3. The van der Waals surface area contributed by atoms with E-state index in [1.54, 1.807) is 46.3 Å². The van der Waals surface area contributed by atoms with Gasteiger partial charge in [-0.2, -0.15) is 13.2 Å². The van der Waals surface area contributed by atoms with Crippen LogP contribution in [0.4, 0.5) is 19.0 Å². The molecule has 0 radical (unpaired) electrons. The number of ether oxygens (including phenoxy) is 1. The first-order valence-electron chi connectivity index (χ1n) is 11.1. The van der Waals surface area contributed by atoms with Gasteiger partial charge in [-0.1, -0.05) is 23.6 Å². The molecule has 2 aromatic heterocycles. The molecule has 0 atom stereocenters. The van der Waals surface area contributed by atoms with Crippen molar-refractivity contribution in [1.29, 1.82) is 0 Å². The van der Waals surface area contributed by atoms with Crippen molar-refractivity contribution in [2.24, 2.45) is 0 Å². The van der Waals surface area contributed by atoms with Crippen LogP contribution in [0.3, 0.4) is 0 Å². The summed E-state index contributed by atoms with van der Waals surface area (Å²) in [6, 6.07) is 11.4. The van der Waals surface area contributed by atoms with Crippen molar-refractivity contribution in [2.45, 2.75) is 12.6 Å². The third-order valence-electron chi connectivity index (χ3n) is 5.67. The number of methoxy groups -OCH3 is 1. The lowest BCUT2D eigenvalue weighted by atomic mass is 10.1. The smallest absolute Gasteiger partial charge is 0.417 e. The maximum absolute atomic E-state index is 13.3. The number of carbonyl (C=O) groups excluding carboxylic acids is 1. The van der Waals surface area contributed by atoms with Crippen LogP contribution in [0.25, 0.3) is 0 Å². The van der Waals surface area contributed by atoms with Crippen LogP contribution in [0.15, 0.2) is 54.9 Å². The number of alkyl halides is 3. The topological polar surface area (TPSA) is 58.6 Å². The average molecular weight is 515 g/mol. The van der Waals surface area contributed by atoms with Crippen molar-refractivity contribution in [3.8, 4) is 17.6 Å². The van der Waals surface area contributed by atoms with E-state index in [-0.39, 0.29) is 16.7 Å². The summed E-state index contributed by atoms with van der Waals surface area (Å²) in [4.78, 5) is 24.9. The highest BCUT2D eigenvalue weighted by Crippen LogP contribution is 2.33. The third-order valence-corrected chi connectivity index (χ3v) is 5.95. The fourth-order valence-electron chi connectivity index (χ4n) is 3.84. The molecular weight excluding hydrogens is 493 g/mol. The van der Waals surface area contributed by atoms with E-state index in [2.05, 4.69) is 21.8 Å². The number of halogens is 4. The Labute approximate surface area is 211 Å². The quantitative estimate of drug-likeness (QED) is 0.465. The number of carbonyl (C=O) groups is 1. The van der Waals surface area contributed by atoms with Gasteiger partial charge in [-0.15, -0.1) is 0 Å². The Hall–Kier alpha value is -3.77. The largest absolute Gasteiger partial charge is 0.495 e. The highest BCUT2D eigenvalue weighted by atomic mass is 35.5. The lowest BCUT2D eigenvalue weighted by Gasteiger charge is -2.24. The van der Waals surface area contributed by atoms with Gasteiger partial charge in [-0.25, -0.2) is 9.97 Å². The SMILES string of the molecule is COc1ccc(C(=O)N2CCCN(c3ncc(C(F)(F)F)cc3Cl)CC2)cc1C#Cc1ccccn1. The van der Waals surface area contributed by atoms with Gasteiger partial charge in [0.15, 0.2) is 0 Å². The Kier molecular flexibility index (Phi) is 7.65. The maximum atomic E-state index is 13.3. The number of hydrogen-bond donors (Lipinski definition) is 0. The van der Waals surface area contributed by atoms with Crippen molar-refractivity contribution >= 4 is 23.3 Å². The van der Waals surface area contributed by atoms with Crippen LogP contribution in [0, 0.1) is 11.8 Å². The molecule has 1 aromatic carbocycles. The van der Waals surface area contributed by atoms with Crippen molar-refractivity contribution in [2.75, 3.05) is 38.2 Å². The summed E-state index contributed by atoms with van der Waals surface area (Å²) in [7, 11) is 1.53. The van der Waals surface area contributed by atoms with Gasteiger partial charge in [0.05, 0.1) is 23.3 Å². The number of amides is 1. The van der Waals surface area contributed by atoms with Gasteiger partial charge in [0.1, 0.15) is 17.3 Å². The van der Waals surface area contributed by atoms with Crippen molar-refractivity contribution in [1.82, 2.24) is 14.9 Å². The van der Waals surface area contributed by atoms with Gasteiger partial charge >= 0.3 is 6.18 Å². The number of pyridine rings is 2. The lowest BCUT2D eigenvalue weighted by molar-refractivity contribution is -0.137. The molecule has 6 nitrogen and oxygen atoms in total. The molecule has 1 saturated heterocycles. The van der Waals surface area contributed by atoms with E-state index in [1.165, 1.54) is 7.11 Å². The van der Waals surface area contributed by atoms with Crippen molar-refractivity contribution < 1.29 is 22.7 Å². The summed E-state index contributed by atoms with van der Waals surface area (Å²) < 4.78 is 44.2. The Bertz CT molecular complexity index is 1310. The maximum Gasteiger partial charge on any atom is 0.417 e.